The van der Waals surface area contributed by atoms with Gasteiger partial charge in [-0.25, -0.2) is 4.98 Å². The molecule has 98 valence electrons. The molecule has 3 rings (SSSR count). The summed E-state index contributed by atoms with van der Waals surface area (Å²) in [6, 6.07) is 8.22. The van der Waals surface area contributed by atoms with E-state index in [9.17, 15) is 0 Å². The molecule has 0 atom stereocenters. The monoisotopic (exact) mass is 308 g/mol. The van der Waals surface area contributed by atoms with Crippen molar-refractivity contribution in [3.63, 3.8) is 0 Å². The van der Waals surface area contributed by atoms with Gasteiger partial charge >= 0.3 is 0 Å². The van der Waals surface area contributed by atoms with Gasteiger partial charge in [-0.3, -0.25) is 0 Å². The predicted molar refractivity (Wildman–Crippen MR) is 83.3 cm³/mol. The first kappa shape index (κ1) is 12.8. The van der Waals surface area contributed by atoms with E-state index in [1.165, 1.54) is 4.70 Å². The summed E-state index contributed by atoms with van der Waals surface area (Å²) in [5, 5.41) is 13.4. The highest BCUT2D eigenvalue weighted by molar-refractivity contribution is 8.00. The van der Waals surface area contributed by atoms with Gasteiger partial charge in [-0.15, -0.1) is 21.5 Å². The Morgan fingerprint density at radius 2 is 2.11 bits per heavy atom. The number of para-hydroxylation sites is 1. The van der Waals surface area contributed by atoms with Crippen LogP contribution in [0.4, 0.5) is 5.13 Å². The van der Waals surface area contributed by atoms with Crippen LogP contribution >= 0.6 is 34.4 Å². The lowest BCUT2D eigenvalue weighted by Gasteiger charge is -1.92. The predicted octanol–water partition coefficient (Wildman–Crippen LogP) is 3.87. The van der Waals surface area contributed by atoms with Gasteiger partial charge in [0.05, 0.1) is 16.0 Å². The average molecular weight is 308 g/mol. The van der Waals surface area contributed by atoms with Crippen LogP contribution in [0.25, 0.3) is 10.2 Å². The molecule has 0 radical (unpaired) electrons. The van der Waals surface area contributed by atoms with E-state index in [2.05, 4.69) is 33.5 Å². The van der Waals surface area contributed by atoms with Crippen LogP contribution in [-0.4, -0.2) is 21.7 Å². The van der Waals surface area contributed by atoms with Crippen molar-refractivity contribution in [2.24, 2.45) is 0 Å². The molecule has 0 saturated heterocycles. The fraction of sp³-hybridized carbons (Fsp3) is 0.250. The molecule has 0 aliphatic heterocycles. The number of benzene rings is 1. The molecule has 0 aliphatic rings. The van der Waals surface area contributed by atoms with Crippen LogP contribution in [0.3, 0.4) is 0 Å². The summed E-state index contributed by atoms with van der Waals surface area (Å²) in [4.78, 5) is 4.61. The van der Waals surface area contributed by atoms with E-state index >= 15 is 0 Å². The summed E-state index contributed by atoms with van der Waals surface area (Å²) < 4.78 is 2.22. The van der Waals surface area contributed by atoms with Crippen LogP contribution in [-0.2, 0) is 5.75 Å². The molecule has 19 heavy (non-hydrogen) atoms. The second-order valence-corrected chi connectivity index (χ2v) is 7.08. The Labute approximate surface area is 123 Å². The highest BCUT2D eigenvalue weighted by Crippen LogP contribution is 2.31. The molecule has 0 amide bonds. The number of nitrogens with one attached hydrogen (secondary N) is 1. The first-order valence-corrected chi connectivity index (χ1v) is 8.51. The summed E-state index contributed by atoms with van der Waals surface area (Å²) >= 11 is 5.02. The lowest BCUT2D eigenvalue weighted by atomic mass is 10.3. The van der Waals surface area contributed by atoms with Gasteiger partial charge in [-0.05, 0) is 19.1 Å². The third-order valence-corrected chi connectivity index (χ3v) is 5.64. The number of thioether (sulfide) groups is 1. The molecule has 0 spiro atoms. The van der Waals surface area contributed by atoms with Gasteiger partial charge in [0.1, 0.15) is 5.01 Å². The topological polar surface area (TPSA) is 50.7 Å². The van der Waals surface area contributed by atoms with Gasteiger partial charge in [0.25, 0.3) is 0 Å². The summed E-state index contributed by atoms with van der Waals surface area (Å²) in [6.45, 7) is 2.92. The number of nitrogens with zero attached hydrogens (tertiary/aromatic N) is 3. The number of rotatable bonds is 5. The minimum atomic E-state index is 0.847. The quantitative estimate of drug-likeness (QED) is 0.725. The van der Waals surface area contributed by atoms with Gasteiger partial charge in [0, 0.05) is 6.54 Å². The van der Waals surface area contributed by atoms with Crippen LogP contribution < -0.4 is 5.32 Å². The van der Waals surface area contributed by atoms with E-state index < -0.39 is 0 Å². The summed E-state index contributed by atoms with van der Waals surface area (Å²) in [5.41, 5.74) is 1.08. The van der Waals surface area contributed by atoms with E-state index in [-0.39, 0.29) is 0 Å². The zero-order valence-electron chi connectivity index (χ0n) is 10.3. The third-order valence-electron chi connectivity index (χ3n) is 2.39. The zero-order chi connectivity index (χ0) is 13.1. The Kier molecular flexibility index (Phi) is 3.95. The Morgan fingerprint density at radius 1 is 1.21 bits per heavy atom. The van der Waals surface area contributed by atoms with Crippen LogP contribution in [0.1, 0.15) is 11.9 Å². The molecular formula is C12H12N4S3. The zero-order valence-corrected chi connectivity index (χ0v) is 12.7. The van der Waals surface area contributed by atoms with E-state index in [0.29, 0.717) is 0 Å². The van der Waals surface area contributed by atoms with Crippen molar-refractivity contribution < 1.29 is 0 Å². The lowest BCUT2D eigenvalue weighted by Crippen LogP contribution is -1.94. The minimum absolute atomic E-state index is 0.847. The molecule has 0 fully saturated rings. The number of thiazole rings is 1. The normalized spacial score (nSPS) is 11.0. The van der Waals surface area contributed by atoms with Crippen LogP contribution in [0, 0.1) is 0 Å². The summed E-state index contributed by atoms with van der Waals surface area (Å²) in [7, 11) is 0. The lowest BCUT2D eigenvalue weighted by molar-refractivity contribution is 1.00. The molecule has 4 nitrogen and oxygen atoms in total. The largest absolute Gasteiger partial charge is 0.360 e. The molecule has 1 aromatic carbocycles. The maximum atomic E-state index is 4.61. The second-order valence-electron chi connectivity index (χ2n) is 3.77. The van der Waals surface area contributed by atoms with Gasteiger partial charge in [-0.2, -0.15) is 0 Å². The smallest absolute Gasteiger partial charge is 0.206 e. The number of anilines is 1. The Hall–Kier alpha value is -1.18. The number of fused-ring (bicyclic) bond motifs is 1. The molecule has 1 N–H and O–H groups in total. The number of hydrogen-bond acceptors (Lipinski definition) is 7. The summed E-state index contributed by atoms with van der Waals surface area (Å²) in [5.74, 6) is 0.847. The van der Waals surface area contributed by atoms with Crippen LogP contribution in [0.15, 0.2) is 28.6 Å². The highest BCUT2D eigenvalue weighted by atomic mass is 32.2. The van der Waals surface area contributed by atoms with Crippen molar-refractivity contribution in [1.82, 2.24) is 15.2 Å². The maximum Gasteiger partial charge on any atom is 0.206 e. The third kappa shape index (κ3) is 3.05. The average Bonchev–Trinajstić information content (AvgIpc) is 3.02. The highest BCUT2D eigenvalue weighted by Gasteiger charge is 2.07. The van der Waals surface area contributed by atoms with Crippen molar-refractivity contribution >= 4 is 49.8 Å². The molecule has 0 aliphatic carbocycles. The Balaban J connectivity index is 1.67. The molecule has 2 aromatic heterocycles. The molecule has 7 heteroatoms. The second kappa shape index (κ2) is 5.85. The maximum absolute atomic E-state index is 4.61. The fourth-order valence-corrected chi connectivity index (χ4v) is 4.38. The van der Waals surface area contributed by atoms with Gasteiger partial charge in [-0.1, -0.05) is 35.2 Å². The Bertz CT molecular complexity index is 643. The summed E-state index contributed by atoms with van der Waals surface area (Å²) in [6.07, 6.45) is 0. The number of hydrogen-bond donors (Lipinski definition) is 1. The number of aromatic nitrogens is 3. The van der Waals surface area contributed by atoms with Gasteiger partial charge < -0.3 is 5.32 Å². The van der Waals surface area contributed by atoms with Crippen molar-refractivity contribution in [2.45, 2.75) is 17.0 Å². The van der Waals surface area contributed by atoms with Crippen LogP contribution in [0.5, 0.6) is 0 Å². The van der Waals surface area contributed by atoms with E-state index in [0.717, 1.165) is 32.3 Å². The van der Waals surface area contributed by atoms with E-state index in [4.69, 9.17) is 0 Å². The minimum Gasteiger partial charge on any atom is -0.360 e. The molecule has 0 bridgehead atoms. The molecule has 3 aromatic rings. The van der Waals surface area contributed by atoms with Crippen molar-refractivity contribution in [3.05, 3.63) is 29.3 Å². The van der Waals surface area contributed by atoms with Crippen molar-refractivity contribution in [1.29, 1.82) is 0 Å². The standard InChI is InChI=1S/C12H12N4S3/c1-2-13-11-15-16-12(19-11)17-7-10-14-8-5-3-4-6-9(8)18-10/h3-6H,2,7H2,1H3,(H,13,15). The van der Waals surface area contributed by atoms with Gasteiger partial charge in [0.2, 0.25) is 5.13 Å². The molecule has 2 heterocycles. The molecular weight excluding hydrogens is 296 g/mol. The van der Waals surface area contributed by atoms with Crippen molar-refractivity contribution in [3.8, 4) is 0 Å². The first-order chi connectivity index (χ1) is 9.35. The molecule has 0 unspecified atom stereocenters. The fourth-order valence-electron chi connectivity index (χ4n) is 1.60. The van der Waals surface area contributed by atoms with Gasteiger partial charge in [0.15, 0.2) is 4.34 Å². The first-order valence-electron chi connectivity index (χ1n) is 5.90. The van der Waals surface area contributed by atoms with E-state index in [1.807, 2.05) is 18.2 Å². The van der Waals surface area contributed by atoms with Crippen LogP contribution in [0.2, 0.25) is 0 Å². The van der Waals surface area contributed by atoms with Crippen molar-refractivity contribution in [2.75, 3.05) is 11.9 Å². The molecule has 0 saturated carbocycles. The van der Waals surface area contributed by atoms with E-state index in [1.54, 1.807) is 34.4 Å². The Morgan fingerprint density at radius 3 is 2.95 bits per heavy atom. The SMILES string of the molecule is CCNc1nnc(SCc2nc3ccccc3s2)s1.